The Bertz CT molecular complexity index is 1320. The minimum atomic E-state index is -0.114. The Kier molecular flexibility index (Phi) is 5.06. The number of benzene rings is 3. The summed E-state index contributed by atoms with van der Waals surface area (Å²) in [5, 5.41) is 12.1. The van der Waals surface area contributed by atoms with Crippen LogP contribution >= 0.6 is 0 Å². The van der Waals surface area contributed by atoms with Gasteiger partial charge in [0.15, 0.2) is 11.4 Å². The highest BCUT2D eigenvalue weighted by Gasteiger charge is 2.10. The molecule has 0 spiro atoms. The van der Waals surface area contributed by atoms with Crippen molar-refractivity contribution < 1.29 is 13.9 Å². The third-order valence-electron chi connectivity index (χ3n) is 5.00. The summed E-state index contributed by atoms with van der Waals surface area (Å²) in [5.74, 6) is 0.374. The molecule has 0 aliphatic rings. The van der Waals surface area contributed by atoms with E-state index in [-0.39, 0.29) is 18.4 Å². The molecular formula is C24H20N4O3. The van der Waals surface area contributed by atoms with E-state index in [1.807, 2.05) is 66.7 Å². The molecule has 2 aromatic heterocycles. The van der Waals surface area contributed by atoms with E-state index in [9.17, 15) is 4.79 Å². The predicted molar refractivity (Wildman–Crippen MR) is 118 cm³/mol. The number of para-hydroxylation sites is 2. The average Bonchev–Trinajstić information content (AvgIpc) is 3.40. The van der Waals surface area contributed by atoms with Gasteiger partial charge in [0, 0.05) is 18.2 Å². The lowest BCUT2D eigenvalue weighted by Gasteiger charge is -2.06. The topological polar surface area (TPSA) is 93.0 Å². The number of nitrogens with one attached hydrogen (secondary N) is 2. The first kappa shape index (κ1) is 18.9. The summed E-state index contributed by atoms with van der Waals surface area (Å²) in [6.07, 6.45) is 1.10. The number of carbonyl (C=O) groups excluding carboxylic acids is 1. The monoisotopic (exact) mass is 412 g/mol. The summed E-state index contributed by atoms with van der Waals surface area (Å²) in [7, 11) is 0. The molecule has 0 aliphatic carbocycles. The molecule has 0 fully saturated rings. The van der Waals surface area contributed by atoms with E-state index < -0.39 is 0 Å². The highest BCUT2D eigenvalue weighted by Crippen LogP contribution is 2.21. The largest absolute Gasteiger partial charge is 0.450 e. The Hall–Kier alpha value is -4.13. The molecule has 31 heavy (non-hydrogen) atoms. The molecule has 2 heterocycles. The van der Waals surface area contributed by atoms with Crippen LogP contribution in [-0.4, -0.2) is 27.7 Å². The average molecular weight is 412 g/mol. The van der Waals surface area contributed by atoms with Crippen molar-refractivity contribution in [3.63, 3.8) is 0 Å². The zero-order valence-electron chi connectivity index (χ0n) is 16.7. The van der Waals surface area contributed by atoms with Crippen LogP contribution in [-0.2, 0) is 17.6 Å². The SMILES string of the molecule is O=C(Cc1cccc2ccccc12)Nc1cc(CCOc2nc3ccccc3o2)[nH]n1. The van der Waals surface area contributed by atoms with Crippen molar-refractivity contribution in [2.75, 3.05) is 11.9 Å². The van der Waals surface area contributed by atoms with Gasteiger partial charge in [-0.1, -0.05) is 54.6 Å². The number of fused-ring (bicyclic) bond motifs is 2. The number of carbonyl (C=O) groups is 1. The fourth-order valence-corrected chi connectivity index (χ4v) is 3.52. The first-order valence-electron chi connectivity index (χ1n) is 10.0. The summed E-state index contributed by atoms with van der Waals surface area (Å²) in [4.78, 5) is 16.8. The molecule has 5 rings (SSSR count). The van der Waals surface area contributed by atoms with Crippen molar-refractivity contribution in [3.8, 4) is 6.08 Å². The van der Waals surface area contributed by atoms with Gasteiger partial charge in [-0.3, -0.25) is 9.89 Å². The number of aromatic amines is 1. The summed E-state index contributed by atoms with van der Waals surface area (Å²) in [6.45, 7) is 0.373. The van der Waals surface area contributed by atoms with Crippen LogP contribution in [0.2, 0.25) is 0 Å². The molecule has 154 valence electrons. The molecule has 3 aromatic carbocycles. The maximum absolute atomic E-state index is 12.5. The lowest BCUT2D eigenvalue weighted by atomic mass is 10.0. The fourth-order valence-electron chi connectivity index (χ4n) is 3.52. The molecule has 0 saturated heterocycles. The normalized spacial score (nSPS) is 11.1. The standard InChI is InChI=1S/C24H20N4O3/c29-23(14-17-8-5-7-16-6-1-2-9-19(16)17)26-22-15-18(27-28-22)12-13-30-24-25-20-10-3-4-11-21(20)31-24/h1-11,15H,12-14H2,(H2,26,27,28,29). The third kappa shape index (κ3) is 4.25. The van der Waals surface area contributed by atoms with Crippen molar-refractivity contribution in [1.82, 2.24) is 15.2 Å². The van der Waals surface area contributed by atoms with E-state index in [0.717, 1.165) is 27.5 Å². The summed E-state index contributed by atoms with van der Waals surface area (Å²) < 4.78 is 11.1. The smallest absolute Gasteiger partial charge is 0.394 e. The van der Waals surface area contributed by atoms with E-state index in [2.05, 4.69) is 20.5 Å². The molecule has 7 nitrogen and oxygen atoms in total. The van der Waals surface area contributed by atoms with Gasteiger partial charge in [0.05, 0.1) is 13.0 Å². The Morgan fingerprint density at radius 2 is 1.87 bits per heavy atom. The second-order valence-corrected chi connectivity index (χ2v) is 7.19. The Balaban J connectivity index is 1.16. The van der Waals surface area contributed by atoms with E-state index in [1.54, 1.807) is 6.07 Å². The Morgan fingerprint density at radius 1 is 1.03 bits per heavy atom. The highest BCUT2D eigenvalue weighted by molar-refractivity contribution is 5.95. The quantitative estimate of drug-likeness (QED) is 0.410. The van der Waals surface area contributed by atoms with Gasteiger partial charge in [0.2, 0.25) is 5.91 Å². The maximum Gasteiger partial charge on any atom is 0.394 e. The van der Waals surface area contributed by atoms with Crippen LogP contribution in [0.1, 0.15) is 11.3 Å². The third-order valence-corrected chi connectivity index (χ3v) is 5.00. The molecule has 0 unspecified atom stereocenters. The molecular weight excluding hydrogens is 392 g/mol. The number of hydrogen-bond donors (Lipinski definition) is 2. The van der Waals surface area contributed by atoms with Gasteiger partial charge < -0.3 is 14.5 Å². The molecule has 7 heteroatoms. The van der Waals surface area contributed by atoms with Gasteiger partial charge in [-0.15, -0.1) is 0 Å². The van der Waals surface area contributed by atoms with Crippen LogP contribution in [0.4, 0.5) is 5.82 Å². The van der Waals surface area contributed by atoms with Gasteiger partial charge in [-0.2, -0.15) is 10.1 Å². The molecule has 0 saturated carbocycles. The second-order valence-electron chi connectivity index (χ2n) is 7.19. The first-order chi connectivity index (χ1) is 15.2. The first-order valence-corrected chi connectivity index (χ1v) is 10.0. The zero-order chi connectivity index (χ0) is 21.0. The van der Waals surface area contributed by atoms with Crippen LogP contribution in [0.15, 0.2) is 77.2 Å². The molecule has 5 aromatic rings. The number of oxazole rings is 1. The van der Waals surface area contributed by atoms with Crippen molar-refractivity contribution in [2.45, 2.75) is 12.8 Å². The minimum Gasteiger partial charge on any atom is -0.450 e. The molecule has 0 bridgehead atoms. The number of amides is 1. The number of nitrogens with zero attached hydrogens (tertiary/aromatic N) is 2. The van der Waals surface area contributed by atoms with Crippen LogP contribution < -0.4 is 10.1 Å². The summed E-state index contributed by atoms with van der Waals surface area (Å²) in [6, 6.07) is 23.3. The number of rotatable bonds is 7. The summed E-state index contributed by atoms with van der Waals surface area (Å²) >= 11 is 0. The maximum atomic E-state index is 12.5. The number of ether oxygens (including phenoxy) is 1. The van der Waals surface area contributed by atoms with Gasteiger partial charge in [0.1, 0.15) is 5.52 Å². The molecule has 0 aliphatic heterocycles. The lowest BCUT2D eigenvalue weighted by molar-refractivity contribution is -0.115. The summed E-state index contributed by atoms with van der Waals surface area (Å²) in [5.41, 5.74) is 3.28. The predicted octanol–water partition coefficient (Wildman–Crippen LogP) is 4.51. The molecule has 2 N–H and O–H groups in total. The Morgan fingerprint density at radius 3 is 2.81 bits per heavy atom. The van der Waals surface area contributed by atoms with Crippen LogP contribution in [0.3, 0.4) is 0 Å². The number of aromatic nitrogens is 3. The van der Waals surface area contributed by atoms with Crippen molar-refractivity contribution in [3.05, 3.63) is 84.1 Å². The van der Waals surface area contributed by atoms with Crippen LogP contribution in [0.25, 0.3) is 21.9 Å². The van der Waals surface area contributed by atoms with Gasteiger partial charge in [0.25, 0.3) is 0 Å². The van der Waals surface area contributed by atoms with Gasteiger partial charge in [-0.05, 0) is 28.5 Å². The van der Waals surface area contributed by atoms with Crippen molar-refractivity contribution in [2.24, 2.45) is 0 Å². The fraction of sp³-hybridized carbons (Fsp3) is 0.125. The van der Waals surface area contributed by atoms with Crippen molar-refractivity contribution >= 4 is 33.6 Å². The number of hydrogen-bond acceptors (Lipinski definition) is 5. The highest BCUT2D eigenvalue weighted by atomic mass is 16.6. The van der Waals surface area contributed by atoms with E-state index in [4.69, 9.17) is 9.15 Å². The van der Waals surface area contributed by atoms with E-state index in [1.165, 1.54) is 0 Å². The zero-order valence-corrected chi connectivity index (χ0v) is 16.7. The minimum absolute atomic E-state index is 0.114. The van der Waals surface area contributed by atoms with Gasteiger partial charge >= 0.3 is 6.08 Å². The van der Waals surface area contributed by atoms with Crippen LogP contribution in [0, 0.1) is 0 Å². The van der Waals surface area contributed by atoms with Crippen molar-refractivity contribution in [1.29, 1.82) is 0 Å². The van der Waals surface area contributed by atoms with E-state index in [0.29, 0.717) is 24.4 Å². The van der Waals surface area contributed by atoms with Crippen LogP contribution in [0.5, 0.6) is 6.08 Å². The number of anilines is 1. The Labute approximate surface area is 178 Å². The second kappa shape index (κ2) is 8.31. The van der Waals surface area contributed by atoms with Gasteiger partial charge in [-0.25, -0.2) is 0 Å². The molecule has 0 atom stereocenters. The molecule has 0 radical (unpaired) electrons. The number of H-pyrrole nitrogens is 1. The lowest BCUT2D eigenvalue weighted by Crippen LogP contribution is -2.14. The van der Waals surface area contributed by atoms with E-state index >= 15 is 0 Å². The molecule has 1 amide bonds.